The number of halogens is 4. The van der Waals surface area contributed by atoms with E-state index in [0.717, 1.165) is 25.5 Å². The van der Waals surface area contributed by atoms with Crippen LogP contribution >= 0.6 is 0 Å². The monoisotopic (exact) mass is 651 g/mol. The van der Waals surface area contributed by atoms with Crippen LogP contribution < -0.4 is 14.4 Å². The SMILES string of the molecule is C#Cc1c(F)ccc2cc(O)cc(-c3nc(OC)c4c(N5CCC[C@](O)(CF)C5)nc(OC[C@@]56CCCN5C[C@H](F)C6)nc4c3F)c12. The van der Waals surface area contributed by atoms with Crippen molar-refractivity contribution in [3.63, 3.8) is 0 Å². The lowest BCUT2D eigenvalue weighted by molar-refractivity contribution is 0.00301. The van der Waals surface area contributed by atoms with Gasteiger partial charge in [0.25, 0.3) is 0 Å². The molecular weight excluding hydrogens is 618 g/mol. The fraction of sp³-hybridized carbons (Fsp3) is 0.441. The Morgan fingerprint density at radius 2 is 1.91 bits per heavy atom. The summed E-state index contributed by atoms with van der Waals surface area (Å²) in [5, 5.41) is 22.0. The van der Waals surface area contributed by atoms with Gasteiger partial charge in [-0.15, -0.1) is 6.42 Å². The highest BCUT2D eigenvalue weighted by molar-refractivity contribution is 6.04. The summed E-state index contributed by atoms with van der Waals surface area (Å²) in [6.45, 7) is 0.315. The predicted molar refractivity (Wildman–Crippen MR) is 167 cm³/mol. The number of piperidine rings is 1. The van der Waals surface area contributed by atoms with Crippen LogP contribution in [-0.2, 0) is 0 Å². The Kier molecular flexibility index (Phi) is 7.75. The van der Waals surface area contributed by atoms with Gasteiger partial charge in [-0.05, 0) is 55.8 Å². The van der Waals surface area contributed by atoms with Gasteiger partial charge in [-0.3, -0.25) is 4.90 Å². The molecule has 246 valence electrons. The second kappa shape index (κ2) is 11.7. The second-order valence-electron chi connectivity index (χ2n) is 12.7. The molecule has 9 nitrogen and oxygen atoms in total. The Morgan fingerprint density at radius 3 is 2.68 bits per heavy atom. The lowest BCUT2D eigenvalue weighted by atomic mass is 9.94. The van der Waals surface area contributed by atoms with Gasteiger partial charge in [0.05, 0.1) is 24.8 Å². The van der Waals surface area contributed by atoms with Crippen LogP contribution in [0.5, 0.6) is 17.6 Å². The van der Waals surface area contributed by atoms with Crippen LogP contribution in [0.2, 0.25) is 0 Å². The molecule has 2 aromatic heterocycles. The number of benzene rings is 2. The minimum absolute atomic E-state index is 0.00186. The number of methoxy groups -OCH3 is 1. The number of aromatic nitrogens is 3. The average molecular weight is 652 g/mol. The van der Waals surface area contributed by atoms with E-state index in [2.05, 4.69) is 25.8 Å². The molecule has 5 heterocycles. The third kappa shape index (κ3) is 5.23. The van der Waals surface area contributed by atoms with Crippen LogP contribution in [-0.4, -0.2) is 93.9 Å². The molecule has 3 aliphatic rings. The lowest BCUT2D eigenvalue weighted by Crippen LogP contribution is -2.50. The maximum absolute atomic E-state index is 16.9. The van der Waals surface area contributed by atoms with Crippen LogP contribution in [0.15, 0.2) is 24.3 Å². The minimum atomic E-state index is -1.66. The van der Waals surface area contributed by atoms with E-state index < -0.39 is 35.6 Å². The first kappa shape index (κ1) is 31.2. The molecule has 0 bridgehead atoms. The average Bonchev–Trinajstić information content (AvgIpc) is 3.59. The van der Waals surface area contributed by atoms with Crippen molar-refractivity contribution < 1.29 is 37.2 Å². The normalized spacial score (nSPS) is 24.5. The predicted octanol–water partition coefficient (Wildman–Crippen LogP) is 5.07. The maximum Gasteiger partial charge on any atom is 0.319 e. The Balaban J connectivity index is 1.44. The number of β-amino-alcohol motifs (C(OH)–C–C–N with tert-alkyl or cyclic N) is 1. The first-order valence-electron chi connectivity index (χ1n) is 15.5. The molecule has 4 aromatic rings. The summed E-state index contributed by atoms with van der Waals surface area (Å²) in [7, 11) is 1.32. The van der Waals surface area contributed by atoms with Gasteiger partial charge < -0.3 is 24.6 Å². The van der Waals surface area contributed by atoms with Crippen molar-refractivity contribution in [3.05, 3.63) is 41.5 Å². The molecule has 3 aliphatic heterocycles. The zero-order valence-corrected chi connectivity index (χ0v) is 25.7. The number of aliphatic hydroxyl groups is 1. The zero-order valence-electron chi connectivity index (χ0n) is 25.7. The molecule has 0 radical (unpaired) electrons. The Labute approximate surface area is 268 Å². The number of alkyl halides is 2. The number of aromatic hydroxyl groups is 1. The summed E-state index contributed by atoms with van der Waals surface area (Å²) in [5.41, 5.74) is -2.96. The number of pyridine rings is 1. The molecule has 7 rings (SSSR count). The first-order valence-corrected chi connectivity index (χ1v) is 15.5. The zero-order chi connectivity index (χ0) is 33.1. The highest BCUT2D eigenvalue weighted by Crippen LogP contribution is 2.44. The van der Waals surface area contributed by atoms with Gasteiger partial charge in [-0.25, -0.2) is 22.5 Å². The molecule has 0 spiro atoms. The molecule has 3 atom stereocenters. The van der Waals surface area contributed by atoms with Crippen molar-refractivity contribution in [2.24, 2.45) is 0 Å². The smallest absolute Gasteiger partial charge is 0.319 e. The summed E-state index contributed by atoms with van der Waals surface area (Å²) >= 11 is 0. The van der Waals surface area contributed by atoms with Crippen LogP contribution in [0.4, 0.5) is 23.4 Å². The molecule has 0 amide bonds. The van der Waals surface area contributed by atoms with E-state index >= 15 is 4.39 Å². The van der Waals surface area contributed by atoms with Crippen LogP contribution in [0.25, 0.3) is 32.9 Å². The number of nitrogens with zero attached hydrogens (tertiary/aromatic N) is 5. The lowest BCUT2D eigenvalue weighted by Gasteiger charge is -2.38. The third-order valence-electron chi connectivity index (χ3n) is 9.69. The van der Waals surface area contributed by atoms with E-state index in [-0.39, 0.29) is 82.6 Å². The highest BCUT2D eigenvalue weighted by atomic mass is 19.1. The van der Waals surface area contributed by atoms with Gasteiger partial charge in [0.15, 0.2) is 5.82 Å². The number of anilines is 1. The van der Waals surface area contributed by atoms with E-state index in [4.69, 9.17) is 15.9 Å². The Bertz CT molecular complexity index is 1940. The molecule has 3 saturated heterocycles. The molecule has 47 heavy (non-hydrogen) atoms. The van der Waals surface area contributed by atoms with E-state index in [9.17, 15) is 23.4 Å². The number of fused-ring (bicyclic) bond motifs is 3. The largest absolute Gasteiger partial charge is 0.508 e. The van der Waals surface area contributed by atoms with E-state index in [1.54, 1.807) is 4.90 Å². The molecular formula is C34H33F4N5O4. The van der Waals surface area contributed by atoms with Gasteiger partial charge in [0, 0.05) is 30.5 Å². The van der Waals surface area contributed by atoms with Crippen LogP contribution in [0.3, 0.4) is 0 Å². The van der Waals surface area contributed by atoms with Gasteiger partial charge in [-0.1, -0.05) is 12.0 Å². The first-order chi connectivity index (χ1) is 22.6. The Hall–Kier alpha value is -4.41. The molecule has 13 heteroatoms. The fourth-order valence-corrected chi connectivity index (χ4v) is 7.53. The van der Waals surface area contributed by atoms with Gasteiger partial charge >= 0.3 is 6.01 Å². The van der Waals surface area contributed by atoms with Crippen LogP contribution in [0.1, 0.15) is 37.7 Å². The van der Waals surface area contributed by atoms with Gasteiger partial charge in [0.2, 0.25) is 5.88 Å². The summed E-state index contributed by atoms with van der Waals surface area (Å²) in [6.07, 6.45) is 7.21. The summed E-state index contributed by atoms with van der Waals surface area (Å²) in [6, 6.07) is 4.97. The van der Waals surface area contributed by atoms with Crippen molar-refractivity contribution >= 4 is 27.5 Å². The number of terminal acetylenes is 1. The quantitative estimate of drug-likeness (QED) is 0.209. The van der Waals surface area contributed by atoms with E-state index in [1.165, 1.54) is 25.3 Å². The van der Waals surface area contributed by atoms with Gasteiger partial charge in [0.1, 0.15) is 59.0 Å². The number of rotatable bonds is 7. The van der Waals surface area contributed by atoms with Gasteiger partial charge in [-0.2, -0.15) is 9.97 Å². The van der Waals surface area contributed by atoms with Crippen molar-refractivity contribution in [2.45, 2.75) is 49.4 Å². The number of phenolic OH excluding ortho intramolecular Hbond substituents is 1. The summed E-state index contributed by atoms with van der Waals surface area (Å²) in [5.74, 6) is 0.399. The number of hydrogen-bond donors (Lipinski definition) is 2. The fourth-order valence-electron chi connectivity index (χ4n) is 7.53. The third-order valence-corrected chi connectivity index (χ3v) is 9.69. The summed E-state index contributed by atoms with van der Waals surface area (Å²) < 4.78 is 72.1. The second-order valence-corrected chi connectivity index (χ2v) is 12.7. The van der Waals surface area contributed by atoms with Crippen molar-refractivity contribution in [1.82, 2.24) is 19.9 Å². The summed E-state index contributed by atoms with van der Waals surface area (Å²) in [4.78, 5) is 17.2. The molecule has 2 N–H and O–H groups in total. The number of phenols is 1. The molecule has 0 aliphatic carbocycles. The molecule has 2 aromatic carbocycles. The Morgan fingerprint density at radius 1 is 1.11 bits per heavy atom. The number of ether oxygens (including phenoxy) is 2. The number of hydrogen-bond acceptors (Lipinski definition) is 9. The molecule has 0 unspecified atom stereocenters. The standard InChI is InChI=1S/C34H33F4N5O4/c1-3-22-24(37)7-6-19-12-21(44)13-23(25(19)22)28-27(38)29-26(31(39-28)46-2)30(42-10-5-9-34(45,16-35)17-42)41-32(40-29)47-18-33-8-4-11-43(33)15-20(36)14-33/h1,6-7,12-13,20,44-45H,4-5,8-11,14-18H2,2H3/t20-,33+,34+/m1/s1. The van der Waals surface area contributed by atoms with Crippen molar-refractivity contribution in [2.75, 3.05) is 51.5 Å². The van der Waals surface area contributed by atoms with E-state index in [1.807, 2.05) is 0 Å². The molecule has 0 saturated carbocycles. The molecule has 3 fully saturated rings. The van der Waals surface area contributed by atoms with Crippen molar-refractivity contribution in [1.29, 1.82) is 0 Å². The van der Waals surface area contributed by atoms with Crippen LogP contribution in [0, 0.1) is 24.0 Å². The van der Waals surface area contributed by atoms with Crippen molar-refractivity contribution in [3.8, 4) is 41.2 Å². The topological polar surface area (TPSA) is 104 Å². The van der Waals surface area contributed by atoms with E-state index in [0.29, 0.717) is 24.9 Å². The highest BCUT2D eigenvalue weighted by Gasteiger charge is 2.49. The minimum Gasteiger partial charge on any atom is -0.508 e. The maximum atomic E-state index is 16.9.